The molecule has 1 unspecified atom stereocenters. The summed E-state index contributed by atoms with van der Waals surface area (Å²) in [7, 11) is 1.16. The molecule has 0 aliphatic heterocycles. The van der Waals surface area contributed by atoms with Crippen LogP contribution >= 0.6 is 11.6 Å². The molecule has 0 amide bonds. The van der Waals surface area contributed by atoms with Gasteiger partial charge in [0.1, 0.15) is 6.10 Å². The first-order chi connectivity index (χ1) is 11.4. The van der Waals surface area contributed by atoms with E-state index in [9.17, 15) is 19.5 Å². The second-order valence-corrected chi connectivity index (χ2v) is 7.56. The maximum atomic E-state index is 12.6. The van der Waals surface area contributed by atoms with Crippen molar-refractivity contribution >= 4 is 29.3 Å². The third kappa shape index (κ3) is 3.25. The van der Waals surface area contributed by atoms with Gasteiger partial charge in [-0.2, -0.15) is 0 Å². The molecular formula is C18H23ClO6. The molecule has 2 aliphatic carbocycles. The van der Waals surface area contributed by atoms with Crippen LogP contribution in [-0.2, 0) is 23.9 Å². The molecule has 0 fully saturated rings. The van der Waals surface area contributed by atoms with Crippen molar-refractivity contribution in [2.45, 2.75) is 45.8 Å². The van der Waals surface area contributed by atoms with Crippen LogP contribution in [0.4, 0.5) is 0 Å². The number of ether oxygens (including phenoxy) is 2. The number of ketones is 1. The minimum Gasteiger partial charge on any atom is -0.467 e. The average molecular weight is 371 g/mol. The number of esters is 2. The Balaban J connectivity index is 2.49. The van der Waals surface area contributed by atoms with Crippen molar-refractivity contribution in [2.75, 3.05) is 7.11 Å². The van der Waals surface area contributed by atoms with Gasteiger partial charge in [-0.05, 0) is 31.1 Å². The minimum atomic E-state index is -1.96. The molecule has 7 heteroatoms. The van der Waals surface area contributed by atoms with Crippen molar-refractivity contribution in [1.82, 2.24) is 0 Å². The molecule has 0 radical (unpaired) electrons. The van der Waals surface area contributed by atoms with E-state index in [2.05, 4.69) is 4.74 Å². The zero-order chi connectivity index (χ0) is 19.2. The number of allylic oxidation sites excluding steroid dienone is 3. The highest BCUT2D eigenvalue weighted by molar-refractivity contribution is 6.32. The second-order valence-electron chi connectivity index (χ2n) is 7.15. The zero-order valence-electron chi connectivity index (χ0n) is 15.0. The van der Waals surface area contributed by atoms with E-state index in [0.29, 0.717) is 10.6 Å². The first-order valence-corrected chi connectivity index (χ1v) is 8.44. The van der Waals surface area contributed by atoms with Crippen molar-refractivity contribution in [2.24, 2.45) is 17.3 Å². The summed E-state index contributed by atoms with van der Waals surface area (Å²) in [6, 6.07) is 0. The fraction of sp³-hybridized carbons (Fsp3) is 0.611. The highest BCUT2D eigenvalue weighted by atomic mass is 35.5. The van der Waals surface area contributed by atoms with Gasteiger partial charge in [-0.25, -0.2) is 4.79 Å². The van der Waals surface area contributed by atoms with Gasteiger partial charge in [-0.3, -0.25) is 9.59 Å². The van der Waals surface area contributed by atoms with Crippen molar-refractivity contribution in [3.8, 4) is 0 Å². The lowest BCUT2D eigenvalue weighted by atomic mass is 9.57. The van der Waals surface area contributed by atoms with Crippen LogP contribution in [0.2, 0.25) is 0 Å². The van der Waals surface area contributed by atoms with Gasteiger partial charge in [0.15, 0.2) is 11.4 Å². The van der Waals surface area contributed by atoms with E-state index in [1.807, 2.05) is 13.8 Å². The van der Waals surface area contributed by atoms with Gasteiger partial charge in [0.05, 0.1) is 13.0 Å². The number of carbonyl (C=O) groups is 3. The maximum absolute atomic E-state index is 12.6. The number of hydrogen-bond donors (Lipinski definition) is 1. The van der Waals surface area contributed by atoms with Crippen LogP contribution < -0.4 is 0 Å². The van der Waals surface area contributed by atoms with E-state index >= 15 is 0 Å². The number of methoxy groups -OCH3 is 1. The standard InChI is InChI=1S/C18H23ClO6/c1-9-15(25-10(2)20)7-13(19)11-6-14(21)12(8-17(9,11)3)18(4,23)16(22)24-5/h6-7,9,12,15,23H,8H2,1-5H3/t9-,12-,15-,17+,18?/m0/s1. The predicted octanol–water partition coefficient (Wildman–Crippen LogP) is 2.14. The number of fused-ring (bicyclic) bond motifs is 1. The van der Waals surface area contributed by atoms with E-state index in [1.54, 1.807) is 6.08 Å². The largest absolute Gasteiger partial charge is 0.467 e. The van der Waals surface area contributed by atoms with Crippen LogP contribution in [0.25, 0.3) is 0 Å². The predicted molar refractivity (Wildman–Crippen MR) is 90.6 cm³/mol. The van der Waals surface area contributed by atoms with E-state index in [0.717, 1.165) is 7.11 Å². The molecule has 0 aromatic heterocycles. The Morgan fingerprint density at radius 3 is 2.56 bits per heavy atom. The third-order valence-electron chi connectivity index (χ3n) is 5.52. The summed E-state index contributed by atoms with van der Waals surface area (Å²) >= 11 is 6.34. The van der Waals surface area contributed by atoms with E-state index in [1.165, 1.54) is 19.9 Å². The molecule has 0 aromatic carbocycles. The van der Waals surface area contributed by atoms with E-state index in [-0.39, 0.29) is 18.1 Å². The van der Waals surface area contributed by atoms with Crippen LogP contribution in [0.5, 0.6) is 0 Å². The highest BCUT2D eigenvalue weighted by Crippen LogP contribution is 2.54. The molecule has 2 aliphatic rings. The Hall–Kier alpha value is -1.66. The summed E-state index contributed by atoms with van der Waals surface area (Å²) < 4.78 is 9.98. The molecule has 6 nitrogen and oxygen atoms in total. The molecule has 1 N–H and O–H groups in total. The molecule has 5 atom stereocenters. The van der Waals surface area contributed by atoms with Crippen LogP contribution in [0.1, 0.15) is 34.1 Å². The van der Waals surface area contributed by atoms with Crippen LogP contribution in [-0.4, -0.2) is 41.6 Å². The fourth-order valence-electron chi connectivity index (χ4n) is 3.71. The Kier molecular flexibility index (Phi) is 5.17. The Morgan fingerprint density at radius 1 is 1.44 bits per heavy atom. The lowest BCUT2D eigenvalue weighted by Gasteiger charge is -2.49. The molecule has 2 rings (SSSR count). The van der Waals surface area contributed by atoms with Gasteiger partial charge in [0.2, 0.25) is 0 Å². The number of aliphatic hydroxyl groups is 1. The number of carbonyl (C=O) groups excluding carboxylic acids is 3. The van der Waals surface area contributed by atoms with E-state index < -0.39 is 35.0 Å². The van der Waals surface area contributed by atoms with Gasteiger partial charge in [-0.15, -0.1) is 0 Å². The average Bonchev–Trinajstić information content (AvgIpc) is 2.52. The van der Waals surface area contributed by atoms with Gasteiger partial charge < -0.3 is 14.6 Å². The molecule has 0 saturated carbocycles. The van der Waals surface area contributed by atoms with Gasteiger partial charge in [-0.1, -0.05) is 25.4 Å². The van der Waals surface area contributed by atoms with Crippen molar-refractivity contribution in [1.29, 1.82) is 0 Å². The molecule has 25 heavy (non-hydrogen) atoms. The monoisotopic (exact) mass is 370 g/mol. The summed E-state index contributed by atoms with van der Waals surface area (Å²) in [5, 5.41) is 10.9. The fourth-order valence-corrected chi connectivity index (χ4v) is 4.10. The highest BCUT2D eigenvalue weighted by Gasteiger charge is 2.55. The Morgan fingerprint density at radius 2 is 2.04 bits per heavy atom. The normalized spacial score (nSPS) is 34.2. The van der Waals surface area contributed by atoms with Gasteiger partial charge in [0.25, 0.3) is 0 Å². The summed E-state index contributed by atoms with van der Waals surface area (Å²) in [6.07, 6.45) is 2.63. The van der Waals surface area contributed by atoms with Crippen molar-refractivity contribution in [3.05, 3.63) is 22.8 Å². The molecule has 0 aromatic rings. The van der Waals surface area contributed by atoms with Crippen LogP contribution in [0.3, 0.4) is 0 Å². The van der Waals surface area contributed by atoms with Gasteiger partial charge >= 0.3 is 11.9 Å². The third-order valence-corrected chi connectivity index (χ3v) is 5.85. The molecule has 0 heterocycles. The van der Waals surface area contributed by atoms with Crippen molar-refractivity contribution in [3.63, 3.8) is 0 Å². The lowest BCUT2D eigenvalue weighted by Crippen LogP contribution is -2.53. The Labute approximate surface area is 151 Å². The molecule has 138 valence electrons. The summed E-state index contributed by atoms with van der Waals surface area (Å²) in [6.45, 7) is 6.37. The Bertz CT molecular complexity index is 677. The zero-order valence-corrected chi connectivity index (χ0v) is 15.7. The smallest absolute Gasteiger partial charge is 0.338 e. The molecule has 0 saturated heterocycles. The second kappa shape index (κ2) is 6.57. The lowest BCUT2D eigenvalue weighted by molar-refractivity contribution is -0.171. The summed E-state index contributed by atoms with van der Waals surface area (Å²) in [5.74, 6) is -2.86. The van der Waals surface area contributed by atoms with Crippen molar-refractivity contribution < 1.29 is 29.0 Å². The number of hydrogen-bond acceptors (Lipinski definition) is 6. The van der Waals surface area contributed by atoms with E-state index in [4.69, 9.17) is 16.3 Å². The molecule has 0 spiro atoms. The minimum absolute atomic E-state index is 0.183. The first-order valence-electron chi connectivity index (χ1n) is 8.07. The maximum Gasteiger partial charge on any atom is 0.338 e. The molecular weight excluding hydrogens is 348 g/mol. The summed E-state index contributed by atoms with van der Waals surface area (Å²) in [4.78, 5) is 35.9. The van der Waals surface area contributed by atoms with Crippen LogP contribution in [0, 0.1) is 17.3 Å². The quantitative estimate of drug-likeness (QED) is 0.765. The molecule has 0 bridgehead atoms. The number of rotatable bonds is 3. The topological polar surface area (TPSA) is 89.9 Å². The van der Waals surface area contributed by atoms with Gasteiger partial charge in [0, 0.05) is 23.3 Å². The van der Waals surface area contributed by atoms with Crippen LogP contribution in [0.15, 0.2) is 22.8 Å². The number of halogens is 1. The first kappa shape index (κ1) is 19.7. The summed E-state index contributed by atoms with van der Waals surface area (Å²) in [5.41, 5.74) is -1.98. The SMILES string of the molecule is COC(=O)C(C)(O)[C@H]1C[C@@]2(C)C(=CC1=O)C(Cl)=C[C@H](OC(C)=O)[C@@H]2C.